The molecule has 0 fully saturated rings. The molecule has 1 heterocycles. The van der Waals surface area contributed by atoms with Crippen LogP contribution in [0.3, 0.4) is 0 Å². The quantitative estimate of drug-likeness (QED) is 0.730. The summed E-state index contributed by atoms with van der Waals surface area (Å²) >= 11 is 0. The number of aryl methyl sites for hydroxylation is 2. The number of nitrogens with one attached hydrogen (secondary N) is 1. The zero-order valence-corrected chi connectivity index (χ0v) is 17.0. The summed E-state index contributed by atoms with van der Waals surface area (Å²) in [5, 5.41) is 4.09. The van der Waals surface area contributed by atoms with Crippen molar-refractivity contribution < 1.29 is 8.42 Å². The smallest absolute Gasteiger partial charge is 0.223 e. The van der Waals surface area contributed by atoms with Gasteiger partial charge in [-0.3, -0.25) is 0 Å². The summed E-state index contributed by atoms with van der Waals surface area (Å²) < 4.78 is 30.6. The van der Waals surface area contributed by atoms with Crippen LogP contribution in [0.2, 0.25) is 0 Å². The highest BCUT2D eigenvalue weighted by molar-refractivity contribution is 7.89. The molecule has 7 heteroatoms. The first kappa shape index (κ1) is 19.3. The molecule has 1 aromatic heterocycles. The molecule has 3 aromatic rings. The Balaban J connectivity index is 1.88. The van der Waals surface area contributed by atoms with Gasteiger partial charge in [-0.15, -0.1) is 0 Å². The van der Waals surface area contributed by atoms with Crippen molar-refractivity contribution >= 4 is 10.0 Å². The maximum atomic E-state index is 13.1. The molecule has 0 spiro atoms. The summed E-state index contributed by atoms with van der Waals surface area (Å²) in [6.45, 7) is 9.43. The van der Waals surface area contributed by atoms with Gasteiger partial charge in [0.2, 0.25) is 10.0 Å². The highest BCUT2D eigenvalue weighted by Crippen LogP contribution is 2.27. The van der Waals surface area contributed by atoms with Gasteiger partial charge in [0.25, 0.3) is 0 Å². The van der Waals surface area contributed by atoms with Crippen molar-refractivity contribution in [1.29, 1.82) is 0 Å². The third-order valence-corrected chi connectivity index (χ3v) is 6.79. The van der Waals surface area contributed by atoms with Gasteiger partial charge >= 0.3 is 0 Å². The van der Waals surface area contributed by atoms with Gasteiger partial charge in [0.15, 0.2) is 0 Å². The van der Waals surface area contributed by atoms with Crippen molar-refractivity contribution in [3.63, 3.8) is 0 Å². The van der Waals surface area contributed by atoms with Crippen LogP contribution >= 0.6 is 0 Å². The first-order valence-electron chi connectivity index (χ1n) is 8.75. The summed E-state index contributed by atoms with van der Waals surface area (Å²) in [5.74, 6) is 0. The van der Waals surface area contributed by atoms with Crippen LogP contribution in [-0.4, -0.2) is 23.2 Å². The zero-order chi connectivity index (χ0) is 19.8. The fourth-order valence-corrected chi connectivity index (χ4v) is 5.05. The van der Waals surface area contributed by atoms with Crippen molar-refractivity contribution in [1.82, 2.24) is 19.5 Å². The number of benzene rings is 2. The minimum atomic E-state index is -3.64. The molecule has 2 aromatic carbocycles. The van der Waals surface area contributed by atoms with E-state index in [2.05, 4.69) is 14.8 Å². The largest absolute Gasteiger partial charge is 0.241 e. The van der Waals surface area contributed by atoms with E-state index in [4.69, 9.17) is 0 Å². The second-order valence-electron chi connectivity index (χ2n) is 6.86. The topological polar surface area (TPSA) is 76.9 Å². The van der Waals surface area contributed by atoms with Gasteiger partial charge in [0.1, 0.15) is 12.7 Å². The Labute approximate surface area is 160 Å². The molecule has 0 unspecified atom stereocenters. The normalized spacial score (nSPS) is 12.9. The summed E-state index contributed by atoms with van der Waals surface area (Å²) in [6, 6.07) is 9.23. The molecule has 0 aliphatic rings. The van der Waals surface area contributed by atoms with E-state index >= 15 is 0 Å². The fourth-order valence-electron chi connectivity index (χ4n) is 3.20. The SMILES string of the molecule is Cc1cc(C)c(C)c(S(=O)(=O)N[C@@H](C)c2ccc(-n3cncn3)cc2)c1C. The predicted molar refractivity (Wildman–Crippen MR) is 105 cm³/mol. The summed E-state index contributed by atoms with van der Waals surface area (Å²) in [4.78, 5) is 4.31. The molecule has 142 valence electrons. The average Bonchev–Trinajstić information content (AvgIpc) is 3.14. The lowest BCUT2D eigenvalue weighted by molar-refractivity contribution is 0.565. The summed E-state index contributed by atoms with van der Waals surface area (Å²) in [6.07, 6.45) is 3.09. The van der Waals surface area contributed by atoms with Crippen LogP contribution < -0.4 is 4.72 Å². The van der Waals surface area contributed by atoms with E-state index in [1.807, 2.05) is 65.0 Å². The maximum Gasteiger partial charge on any atom is 0.241 e. The van der Waals surface area contributed by atoms with E-state index < -0.39 is 10.0 Å². The van der Waals surface area contributed by atoms with Crippen LogP contribution in [0.25, 0.3) is 5.69 Å². The first-order chi connectivity index (χ1) is 12.7. The molecule has 0 saturated heterocycles. The Bertz CT molecular complexity index is 1030. The van der Waals surface area contributed by atoms with E-state index in [0.717, 1.165) is 33.5 Å². The van der Waals surface area contributed by atoms with E-state index in [9.17, 15) is 8.42 Å². The minimum absolute atomic E-state index is 0.362. The molecule has 0 bridgehead atoms. The summed E-state index contributed by atoms with van der Waals surface area (Å²) in [7, 11) is -3.64. The molecule has 6 nitrogen and oxygen atoms in total. The predicted octanol–water partition coefficient (Wildman–Crippen LogP) is 3.54. The molecular weight excluding hydrogens is 360 g/mol. The Morgan fingerprint density at radius 3 is 2.11 bits per heavy atom. The number of nitrogens with zero attached hydrogens (tertiary/aromatic N) is 3. The summed E-state index contributed by atoms with van der Waals surface area (Å²) in [5.41, 5.74) is 5.28. The first-order valence-corrected chi connectivity index (χ1v) is 10.2. The van der Waals surface area contributed by atoms with Crippen molar-refractivity contribution in [3.8, 4) is 5.69 Å². The van der Waals surface area contributed by atoms with Crippen molar-refractivity contribution in [2.45, 2.75) is 45.6 Å². The van der Waals surface area contributed by atoms with Crippen LogP contribution in [0.5, 0.6) is 0 Å². The Kier molecular flexibility index (Phi) is 5.17. The third-order valence-electron chi connectivity index (χ3n) is 4.97. The lowest BCUT2D eigenvalue weighted by Gasteiger charge is -2.19. The molecule has 1 N–H and O–H groups in total. The van der Waals surface area contributed by atoms with Crippen LogP contribution in [0, 0.1) is 27.7 Å². The number of aromatic nitrogens is 3. The van der Waals surface area contributed by atoms with Gasteiger partial charge in [-0.1, -0.05) is 18.2 Å². The number of rotatable bonds is 5. The monoisotopic (exact) mass is 384 g/mol. The highest BCUT2D eigenvalue weighted by Gasteiger charge is 2.24. The molecule has 0 aliphatic heterocycles. The molecule has 3 rings (SSSR count). The molecule has 0 amide bonds. The maximum absolute atomic E-state index is 13.1. The van der Waals surface area contributed by atoms with Crippen LogP contribution in [0.4, 0.5) is 0 Å². The third kappa shape index (κ3) is 3.79. The van der Waals surface area contributed by atoms with Crippen LogP contribution in [-0.2, 0) is 10.0 Å². The molecule has 0 aliphatic carbocycles. The molecule has 1 atom stereocenters. The Morgan fingerprint density at radius 1 is 1.00 bits per heavy atom. The molecule has 0 saturated carbocycles. The molecule has 0 radical (unpaired) electrons. The van der Waals surface area contributed by atoms with Gasteiger partial charge < -0.3 is 0 Å². The van der Waals surface area contributed by atoms with Gasteiger partial charge in [-0.05, 0) is 74.6 Å². The fraction of sp³-hybridized carbons (Fsp3) is 0.300. The van der Waals surface area contributed by atoms with Gasteiger partial charge in [0, 0.05) is 6.04 Å². The highest BCUT2D eigenvalue weighted by atomic mass is 32.2. The van der Waals surface area contributed by atoms with E-state index in [0.29, 0.717) is 4.90 Å². The minimum Gasteiger partial charge on any atom is -0.223 e. The zero-order valence-electron chi connectivity index (χ0n) is 16.2. The van der Waals surface area contributed by atoms with Crippen molar-refractivity contribution in [2.75, 3.05) is 0 Å². The standard InChI is InChI=1S/C20H24N4O2S/c1-13-10-14(2)16(4)20(15(13)3)27(25,26)23-17(5)18-6-8-19(9-7-18)24-12-21-11-22-24/h6-12,17,23H,1-5H3/t17-/m0/s1. The van der Waals surface area contributed by atoms with Crippen molar-refractivity contribution in [3.05, 3.63) is 70.8 Å². The van der Waals surface area contributed by atoms with Crippen LogP contribution in [0.15, 0.2) is 47.9 Å². The van der Waals surface area contributed by atoms with E-state index in [1.165, 1.54) is 6.33 Å². The lowest BCUT2D eigenvalue weighted by Crippen LogP contribution is -2.28. The second-order valence-corrected chi connectivity index (χ2v) is 8.51. The number of sulfonamides is 1. The van der Waals surface area contributed by atoms with Gasteiger partial charge in [0.05, 0.1) is 10.6 Å². The van der Waals surface area contributed by atoms with Gasteiger partial charge in [-0.2, -0.15) is 5.10 Å². The Hall–Kier alpha value is -2.51. The van der Waals surface area contributed by atoms with E-state index in [-0.39, 0.29) is 6.04 Å². The lowest BCUT2D eigenvalue weighted by atomic mass is 10.0. The Morgan fingerprint density at radius 2 is 1.59 bits per heavy atom. The molecular formula is C20H24N4O2S. The van der Waals surface area contributed by atoms with Crippen molar-refractivity contribution in [2.24, 2.45) is 0 Å². The van der Waals surface area contributed by atoms with Gasteiger partial charge in [-0.25, -0.2) is 22.8 Å². The van der Waals surface area contributed by atoms with E-state index in [1.54, 1.807) is 11.0 Å². The van der Waals surface area contributed by atoms with Crippen LogP contribution in [0.1, 0.15) is 40.8 Å². The second kappa shape index (κ2) is 7.25. The molecule has 27 heavy (non-hydrogen) atoms. The number of hydrogen-bond acceptors (Lipinski definition) is 4. The number of hydrogen-bond donors (Lipinski definition) is 1. The average molecular weight is 385 g/mol.